The first-order valence-electron chi connectivity index (χ1n) is 8.08. The van der Waals surface area contributed by atoms with Crippen LogP contribution in [-0.4, -0.2) is 11.3 Å². The first kappa shape index (κ1) is 14.5. The van der Waals surface area contributed by atoms with E-state index in [9.17, 15) is 0 Å². The average Bonchev–Trinajstić information content (AvgIpc) is 2.82. The summed E-state index contributed by atoms with van der Waals surface area (Å²) >= 11 is 2.01. The first-order valence-corrected chi connectivity index (χ1v) is 9.06. The van der Waals surface area contributed by atoms with E-state index in [0.717, 1.165) is 11.8 Å². The summed E-state index contributed by atoms with van der Waals surface area (Å²) in [4.78, 5) is 1.48. The van der Waals surface area contributed by atoms with E-state index in [4.69, 9.17) is 5.73 Å². The van der Waals surface area contributed by atoms with Gasteiger partial charge in [0, 0.05) is 16.2 Å². The molecule has 0 bridgehead atoms. The summed E-state index contributed by atoms with van der Waals surface area (Å²) in [5.74, 6) is 3.63. The third kappa shape index (κ3) is 2.92. The molecule has 1 saturated carbocycles. The smallest absolute Gasteiger partial charge is 0.0160 e. The van der Waals surface area contributed by atoms with Crippen LogP contribution in [0.5, 0.6) is 0 Å². The Morgan fingerprint density at radius 2 is 1.95 bits per heavy atom. The predicted octanol–water partition coefficient (Wildman–Crippen LogP) is 4.81. The number of benzene rings is 1. The Hall–Kier alpha value is -0.470. The van der Waals surface area contributed by atoms with Crippen LogP contribution in [0, 0.1) is 11.8 Å². The van der Waals surface area contributed by atoms with Crippen LogP contribution >= 0.6 is 11.8 Å². The highest BCUT2D eigenvalue weighted by Crippen LogP contribution is 2.46. The van der Waals surface area contributed by atoms with E-state index in [1.54, 1.807) is 5.56 Å². The summed E-state index contributed by atoms with van der Waals surface area (Å²) in [6.45, 7) is 4.72. The Morgan fingerprint density at radius 1 is 1.25 bits per heavy atom. The zero-order valence-electron chi connectivity index (χ0n) is 12.8. The van der Waals surface area contributed by atoms with Crippen molar-refractivity contribution in [1.29, 1.82) is 0 Å². The van der Waals surface area contributed by atoms with Gasteiger partial charge in [-0.15, -0.1) is 11.8 Å². The number of nitrogens with two attached hydrogens (primary N) is 1. The molecule has 1 aromatic carbocycles. The van der Waals surface area contributed by atoms with E-state index >= 15 is 0 Å². The van der Waals surface area contributed by atoms with Crippen molar-refractivity contribution < 1.29 is 0 Å². The van der Waals surface area contributed by atoms with Crippen molar-refractivity contribution in [2.45, 2.75) is 62.3 Å². The summed E-state index contributed by atoms with van der Waals surface area (Å²) in [5, 5.41) is 0. The second-order valence-corrected chi connectivity index (χ2v) is 8.26. The van der Waals surface area contributed by atoms with Crippen molar-refractivity contribution in [3.8, 4) is 0 Å². The van der Waals surface area contributed by atoms with Crippen LogP contribution in [0.1, 0.15) is 57.4 Å². The quantitative estimate of drug-likeness (QED) is 0.864. The molecule has 20 heavy (non-hydrogen) atoms. The van der Waals surface area contributed by atoms with Crippen LogP contribution in [0.4, 0.5) is 0 Å². The van der Waals surface area contributed by atoms with Crippen LogP contribution in [-0.2, 0) is 0 Å². The minimum absolute atomic E-state index is 0.0913. The van der Waals surface area contributed by atoms with Gasteiger partial charge < -0.3 is 5.73 Å². The van der Waals surface area contributed by atoms with Crippen LogP contribution in [0.3, 0.4) is 0 Å². The zero-order chi connectivity index (χ0) is 14.2. The van der Waals surface area contributed by atoms with Gasteiger partial charge >= 0.3 is 0 Å². The highest BCUT2D eigenvalue weighted by atomic mass is 32.2. The first-order chi connectivity index (χ1) is 9.57. The second kappa shape index (κ2) is 5.73. The molecular weight excluding hydrogens is 262 g/mol. The summed E-state index contributed by atoms with van der Waals surface area (Å²) in [6, 6.07) is 8.90. The van der Waals surface area contributed by atoms with Crippen LogP contribution in [0.25, 0.3) is 0 Å². The Labute approximate surface area is 127 Å². The summed E-state index contributed by atoms with van der Waals surface area (Å²) < 4.78 is 0. The number of rotatable bonds is 3. The van der Waals surface area contributed by atoms with E-state index in [1.807, 2.05) is 11.8 Å². The van der Waals surface area contributed by atoms with Gasteiger partial charge in [-0.2, -0.15) is 0 Å². The van der Waals surface area contributed by atoms with Crippen LogP contribution in [0.15, 0.2) is 29.2 Å². The number of hydrogen-bond acceptors (Lipinski definition) is 2. The van der Waals surface area contributed by atoms with Crippen molar-refractivity contribution in [2.75, 3.05) is 5.75 Å². The molecule has 2 aliphatic rings. The zero-order valence-corrected chi connectivity index (χ0v) is 13.6. The van der Waals surface area contributed by atoms with Crippen LogP contribution < -0.4 is 5.73 Å². The molecule has 0 spiro atoms. The standard InChI is InChI=1S/C18H27NS/c1-13(2)14-7-9-18(19,10-8-14)11-15-12-20-17-6-4-3-5-16(15)17/h3-6,13-15H,7-12,19H2,1-2H3. The van der Waals surface area contributed by atoms with Gasteiger partial charge in [0.2, 0.25) is 0 Å². The molecule has 0 radical (unpaired) electrons. The fourth-order valence-corrected chi connectivity index (χ4v) is 5.23. The molecule has 2 N–H and O–H groups in total. The largest absolute Gasteiger partial charge is 0.325 e. The predicted molar refractivity (Wildman–Crippen MR) is 88.2 cm³/mol. The summed E-state index contributed by atoms with van der Waals surface area (Å²) in [6.07, 6.45) is 6.28. The van der Waals surface area contributed by atoms with E-state index < -0.39 is 0 Å². The molecule has 1 fully saturated rings. The molecule has 0 amide bonds. The molecule has 3 rings (SSSR count). The molecule has 1 unspecified atom stereocenters. The molecule has 1 atom stereocenters. The molecule has 1 aliphatic carbocycles. The number of fused-ring (bicyclic) bond motifs is 1. The van der Waals surface area contributed by atoms with Gasteiger partial charge in [-0.05, 0) is 61.5 Å². The third-order valence-electron chi connectivity index (χ3n) is 5.42. The lowest BCUT2D eigenvalue weighted by Crippen LogP contribution is -2.45. The van der Waals surface area contributed by atoms with Gasteiger partial charge in [-0.3, -0.25) is 0 Å². The maximum Gasteiger partial charge on any atom is 0.0160 e. The van der Waals surface area contributed by atoms with Gasteiger partial charge in [-0.1, -0.05) is 32.0 Å². The lowest BCUT2D eigenvalue weighted by Gasteiger charge is -2.40. The van der Waals surface area contributed by atoms with Crippen molar-refractivity contribution in [1.82, 2.24) is 0 Å². The highest BCUT2D eigenvalue weighted by molar-refractivity contribution is 7.99. The van der Waals surface area contributed by atoms with Crippen molar-refractivity contribution in [3.05, 3.63) is 29.8 Å². The normalized spacial score (nSPS) is 33.4. The molecule has 1 nitrogen and oxygen atoms in total. The second-order valence-electron chi connectivity index (χ2n) is 7.19. The van der Waals surface area contributed by atoms with Gasteiger partial charge in [0.25, 0.3) is 0 Å². The fourth-order valence-electron chi connectivity index (χ4n) is 3.97. The van der Waals surface area contributed by atoms with Gasteiger partial charge in [0.05, 0.1) is 0 Å². The molecule has 1 heterocycles. The number of hydrogen-bond donors (Lipinski definition) is 1. The lowest BCUT2D eigenvalue weighted by molar-refractivity contribution is 0.181. The van der Waals surface area contributed by atoms with E-state index in [1.165, 1.54) is 42.8 Å². The lowest BCUT2D eigenvalue weighted by atomic mass is 9.70. The van der Waals surface area contributed by atoms with E-state index in [0.29, 0.717) is 5.92 Å². The summed E-state index contributed by atoms with van der Waals surface area (Å²) in [5.41, 5.74) is 8.39. The van der Waals surface area contributed by atoms with Crippen LogP contribution in [0.2, 0.25) is 0 Å². The van der Waals surface area contributed by atoms with Crippen molar-refractivity contribution >= 4 is 11.8 Å². The number of thioether (sulfide) groups is 1. The van der Waals surface area contributed by atoms with E-state index in [-0.39, 0.29) is 5.54 Å². The summed E-state index contributed by atoms with van der Waals surface area (Å²) in [7, 11) is 0. The highest BCUT2D eigenvalue weighted by Gasteiger charge is 2.36. The molecule has 0 aromatic heterocycles. The monoisotopic (exact) mass is 289 g/mol. The molecule has 1 aromatic rings. The maximum absolute atomic E-state index is 6.75. The molecule has 110 valence electrons. The van der Waals surface area contributed by atoms with Gasteiger partial charge in [-0.25, -0.2) is 0 Å². The average molecular weight is 289 g/mol. The van der Waals surface area contributed by atoms with Gasteiger partial charge in [0.15, 0.2) is 0 Å². The van der Waals surface area contributed by atoms with Crippen molar-refractivity contribution in [2.24, 2.45) is 17.6 Å². The molecule has 2 heteroatoms. The third-order valence-corrected chi connectivity index (χ3v) is 6.67. The van der Waals surface area contributed by atoms with Gasteiger partial charge in [0.1, 0.15) is 0 Å². The topological polar surface area (TPSA) is 26.0 Å². The Bertz CT molecular complexity index is 460. The fraction of sp³-hybridized carbons (Fsp3) is 0.667. The molecule has 0 saturated heterocycles. The maximum atomic E-state index is 6.75. The Balaban J connectivity index is 1.64. The Morgan fingerprint density at radius 3 is 2.65 bits per heavy atom. The minimum atomic E-state index is 0.0913. The minimum Gasteiger partial charge on any atom is -0.325 e. The Kier molecular flexibility index (Phi) is 4.14. The SMILES string of the molecule is CC(C)C1CCC(N)(CC2CSc3ccccc32)CC1. The molecule has 1 aliphatic heterocycles. The molecular formula is C18H27NS. The van der Waals surface area contributed by atoms with E-state index in [2.05, 4.69) is 38.1 Å². The van der Waals surface area contributed by atoms with Crippen molar-refractivity contribution in [3.63, 3.8) is 0 Å².